The molecule has 5 heteroatoms. The zero-order valence-corrected chi connectivity index (χ0v) is 15.6. The highest BCUT2D eigenvalue weighted by Gasteiger charge is 2.28. The Bertz CT molecular complexity index is 687. The van der Waals surface area contributed by atoms with Crippen molar-refractivity contribution < 1.29 is 23.8 Å². The third-order valence-corrected chi connectivity index (χ3v) is 4.95. The number of rotatable bonds is 9. The maximum atomic E-state index is 11.4. The zero-order chi connectivity index (χ0) is 19.2. The molecule has 2 fully saturated rings. The monoisotopic (exact) mass is 370 g/mol. The van der Waals surface area contributed by atoms with Crippen molar-refractivity contribution in [2.75, 3.05) is 6.61 Å². The summed E-state index contributed by atoms with van der Waals surface area (Å²) in [6.07, 6.45) is 6.14. The number of carbonyl (C=O) groups excluding carboxylic acids is 2. The van der Waals surface area contributed by atoms with Gasteiger partial charge in [-0.25, -0.2) is 9.59 Å². The molecule has 2 heterocycles. The molecular weight excluding hydrogens is 344 g/mol. The summed E-state index contributed by atoms with van der Waals surface area (Å²) in [7, 11) is 0. The van der Waals surface area contributed by atoms with E-state index < -0.39 is 0 Å². The number of carbonyl (C=O) groups is 2. The average Bonchev–Trinajstić information content (AvgIpc) is 3.16. The van der Waals surface area contributed by atoms with Gasteiger partial charge in [-0.3, -0.25) is 0 Å². The molecule has 2 aliphatic heterocycles. The van der Waals surface area contributed by atoms with Gasteiger partial charge < -0.3 is 14.2 Å². The molecule has 2 saturated heterocycles. The topological polar surface area (TPSA) is 61.8 Å². The number of cyclic esters (lactones) is 2. The molecule has 0 bridgehead atoms. The Balaban J connectivity index is 1.27. The lowest BCUT2D eigenvalue weighted by atomic mass is 10.1. The maximum Gasteiger partial charge on any atom is 0.334 e. The van der Waals surface area contributed by atoms with Crippen LogP contribution in [0.5, 0.6) is 5.75 Å². The van der Waals surface area contributed by atoms with Crippen molar-refractivity contribution in [1.29, 1.82) is 0 Å². The second-order valence-electron chi connectivity index (χ2n) is 7.16. The van der Waals surface area contributed by atoms with Crippen LogP contribution in [0.2, 0.25) is 0 Å². The molecule has 2 atom stereocenters. The molecule has 0 spiro atoms. The van der Waals surface area contributed by atoms with Crippen molar-refractivity contribution in [3.63, 3.8) is 0 Å². The van der Waals surface area contributed by atoms with E-state index in [1.54, 1.807) is 0 Å². The number of hydrogen-bond acceptors (Lipinski definition) is 5. The molecule has 0 saturated carbocycles. The van der Waals surface area contributed by atoms with Gasteiger partial charge in [-0.15, -0.1) is 0 Å². The third-order valence-electron chi connectivity index (χ3n) is 4.95. The Kier molecular flexibility index (Phi) is 6.32. The Morgan fingerprint density at radius 3 is 2.19 bits per heavy atom. The minimum atomic E-state index is -0.309. The van der Waals surface area contributed by atoms with Crippen molar-refractivity contribution in [2.45, 2.75) is 57.2 Å². The van der Waals surface area contributed by atoms with Crippen LogP contribution in [0.1, 0.15) is 56.6 Å². The molecule has 3 rings (SSSR count). The summed E-state index contributed by atoms with van der Waals surface area (Å²) in [5.41, 5.74) is 2.08. The standard InChI is InChI=1S/C22H26O5/c1-15-13-19(26-21(15)23)7-5-3-4-6-12-25-18-10-8-17(9-11-18)20-14-16(2)22(24)27-20/h8-11,19-20H,1-7,12-14H2. The van der Waals surface area contributed by atoms with Crippen LogP contribution in [-0.2, 0) is 19.1 Å². The van der Waals surface area contributed by atoms with Crippen LogP contribution in [0.15, 0.2) is 48.6 Å². The van der Waals surface area contributed by atoms with E-state index in [4.69, 9.17) is 14.2 Å². The number of benzene rings is 1. The summed E-state index contributed by atoms with van der Waals surface area (Å²) in [4.78, 5) is 22.7. The SMILES string of the molecule is C=C1CC(CCCCCCOc2ccc(C3CC(=C)C(=O)O3)cc2)OC1=O. The van der Waals surface area contributed by atoms with Gasteiger partial charge in [-0.05, 0) is 37.0 Å². The van der Waals surface area contributed by atoms with Crippen LogP contribution in [0.3, 0.4) is 0 Å². The van der Waals surface area contributed by atoms with E-state index in [1.807, 2.05) is 24.3 Å². The molecule has 1 aromatic rings. The number of ether oxygens (including phenoxy) is 3. The highest BCUT2D eigenvalue weighted by Crippen LogP contribution is 2.32. The van der Waals surface area contributed by atoms with Gasteiger partial charge in [0.05, 0.1) is 6.61 Å². The summed E-state index contributed by atoms with van der Waals surface area (Å²) >= 11 is 0. The van der Waals surface area contributed by atoms with Gasteiger partial charge in [0.25, 0.3) is 0 Å². The van der Waals surface area contributed by atoms with E-state index in [1.165, 1.54) is 0 Å². The Morgan fingerprint density at radius 2 is 1.56 bits per heavy atom. The third kappa shape index (κ3) is 5.22. The van der Waals surface area contributed by atoms with E-state index in [0.29, 0.717) is 30.6 Å². The lowest BCUT2D eigenvalue weighted by molar-refractivity contribution is -0.140. The predicted octanol–water partition coefficient (Wildman–Crippen LogP) is 4.43. The summed E-state index contributed by atoms with van der Waals surface area (Å²) in [6.45, 7) is 8.07. The van der Waals surface area contributed by atoms with Gasteiger partial charge >= 0.3 is 11.9 Å². The molecule has 0 N–H and O–H groups in total. The molecule has 0 radical (unpaired) electrons. The number of esters is 2. The first-order valence-electron chi connectivity index (χ1n) is 9.53. The van der Waals surface area contributed by atoms with E-state index in [2.05, 4.69) is 13.2 Å². The quantitative estimate of drug-likeness (QED) is 0.365. The molecular formula is C22H26O5. The Labute approximate surface area is 160 Å². The van der Waals surface area contributed by atoms with Crippen LogP contribution in [0, 0.1) is 0 Å². The normalized spacial score (nSPS) is 22.1. The van der Waals surface area contributed by atoms with Gasteiger partial charge in [0.15, 0.2) is 0 Å². The lowest BCUT2D eigenvalue weighted by Crippen LogP contribution is -2.06. The highest BCUT2D eigenvalue weighted by molar-refractivity contribution is 5.90. The van der Waals surface area contributed by atoms with Crippen LogP contribution in [-0.4, -0.2) is 24.6 Å². The molecule has 0 aliphatic carbocycles. The van der Waals surface area contributed by atoms with Crippen molar-refractivity contribution in [1.82, 2.24) is 0 Å². The average molecular weight is 370 g/mol. The fourth-order valence-corrected chi connectivity index (χ4v) is 3.34. The minimum absolute atomic E-state index is 0.0241. The fourth-order valence-electron chi connectivity index (χ4n) is 3.34. The van der Waals surface area contributed by atoms with Crippen LogP contribution < -0.4 is 4.74 Å². The summed E-state index contributed by atoms with van der Waals surface area (Å²) in [5, 5.41) is 0. The molecule has 5 nitrogen and oxygen atoms in total. The number of unbranched alkanes of at least 4 members (excludes halogenated alkanes) is 3. The lowest BCUT2D eigenvalue weighted by Gasteiger charge is -2.11. The summed E-state index contributed by atoms with van der Waals surface area (Å²) in [6, 6.07) is 7.68. The maximum absolute atomic E-state index is 11.4. The van der Waals surface area contributed by atoms with E-state index >= 15 is 0 Å². The predicted molar refractivity (Wildman–Crippen MR) is 101 cm³/mol. The molecule has 27 heavy (non-hydrogen) atoms. The molecule has 2 aliphatic rings. The largest absolute Gasteiger partial charge is 0.494 e. The first-order chi connectivity index (χ1) is 13.0. The van der Waals surface area contributed by atoms with Crippen molar-refractivity contribution in [2.24, 2.45) is 0 Å². The zero-order valence-electron chi connectivity index (χ0n) is 15.6. The van der Waals surface area contributed by atoms with E-state index in [-0.39, 0.29) is 24.1 Å². The minimum Gasteiger partial charge on any atom is -0.494 e. The molecule has 0 amide bonds. The molecule has 1 aromatic carbocycles. The van der Waals surface area contributed by atoms with Gasteiger partial charge in [-0.1, -0.05) is 38.1 Å². The van der Waals surface area contributed by atoms with E-state index in [0.717, 1.165) is 43.4 Å². The second-order valence-corrected chi connectivity index (χ2v) is 7.16. The Hall–Kier alpha value is -2.56. The van der Waals surface area contributed by atoms with Crippen molar-refractivity contribution in [3.05, 3.63) is 54.1 Å². The first kappa shape index (κ1) is 19.2. The van der Waals surface area contributed by atoms with Crippen LogP contribution >= 0.6 is 0 Å². The smallest absolute Gasteiger partial charge is 0.334 e. The van der Waals surface area contributed by atoms with Crippen molar-refractivity contribution in [3.8, 4) is 5.75 Å². The molecule has 144 valence electrons. The highest BCUT2D eigenvalue weighted by atomic mass is 16.6. The van der Waals surface area contributed by atoms with Crippen LogP contribution in [0.4, 0.5) is 0 Å². The van der Waals surface area contributed by atoms with Crippen molar-refractivity contribution >= 4 is 11.9 Å². The molecule has 2 unspecified atom stereocenters. The number of hydrogen-bond donors (Lipinski definition) is 0. The van der Waals surface area contributed by atoms with Gasteiger partial charge in [-0.2, -0.15) is 0 Å². The van der Waals surface area contributed by atoms with E-state index in [9.17, 15) is 9.59 Å². The molecule has 0 aromatic heterocycles. The summed E-state index contributed by atoms with van der Waals surface area (Å²) < 4.78 is 16.3. The summed E-state index contributed by atoms with van der Waals surface area (Å²) in [5.74, 6) is 0.269. The van der Waals surface area contributed by atoms with Gasteiger partial charge in [0.1, 0.15) is 18.0 Å². The van der Waals surface area contributed by atoms with Gasteiger partial charge in [0, 0.05) is 24.0 Å². The Morgan fingerprint density at radius 1 is 0.889 bits per heavy atom. The first-order valence-corrected chi connectivity index (χ1v) is 9.53. The van der Waals surface area contributed by atoms with Crippen LogP contribution in [0.25, 0.3) is 0 Å². The van der Waals surface area contributed by atoms with Gasteiger partial charge in [0.2, 0.25) is 0 Å². The fraction of sp³-hybridized carbons (Fsp3) is 0.455. The second kappa shape index (κ2) is 8.89.